The van der Waals surface area contributed by atoms with Crippen molar-refractivity contribution in [3.63, 3.8) is 0 Å². The molecular weight excluding hydrogens is 228 g/mol. The summed E-state index contributed by atoms with van der Waals surface area (Å²) in [5.74, 6) is -0.0838. The number of benzene rings is 1. The standard InChI is InChI=1S/C14H14N2O2/c1-16(18)13-8-3-2-7-12(13)14(17)10-11-6-4-5-9-15-11/h2-9,16H,10H2,1H3. The Bertz CT molecular complexity index is 539. The summed E-state index contributed by atoms with van der Waals surface area (Å²) in [4.78, 5) is 16.3. The summed E-state index contributed by atoms with van der Waals surface area (Å²) in [5.41, 5.74) is 1.65. The van der Waals surface area contributed by atoms with Crippen LogP contribution in [0.1, 0.15) is 16.1 Å². The van der Waals surface area contributed by atoms with Crippen LogP contribution in [0.5, 0.6) is 0 Å². The molecule has 0 spiro atoms. The number of carbonyl (C=O) groups is 1. The van der Waals surface area contributed by atoms with Crippen molar-refractivity contribution >= 4 is 11.5 Å². The average Bonchev–Trinajstić information content (AvgIpc) is 2.40. The zero-order chi connectivity index (χ0) is 13.0. The molecule has 4 nitrogen and oxygen atoms in total. The minimum Gasteiger partial charge on any atom is -0.629 e. The number of carbonyl (C=O) groups excluding carboxylic acids is 1. The number of aromatic nitrogens is 1. The van der Waals surface area contributed by atoms with Crippen molar-refractivity contribution in [3.05, 3.63) is 65.1 Å². The third kappa shape index (κ3) is 2.80. The summed E-state index contributed by atoms with van der Waals surface area (Å²) in [6, 6.07) is 12.3. The van der Waals surface area contributed by atoms with Crippen molar-refractivity contribution < 1.29 is 9.86 Å². The van der Waals surface area contributed by atoms with Gasteiger partial charge in [-0.1, -0.05) is 18.2 Å². The molecule has 0 bridgehead atoms. The summed E-state index contributed by atoms with van der Waals surface area (Å²) in [7, 11) is 1.47. The van der Waals surface area contributed by atoms with Gasteiger partial charge in [0, 0.05) is 18.0 Å². The number of nitrogens with one attached hydrogen (secondary N) is 1. The van der Waals surface area contributed by atoms with E-state index in [0.29, 0.717) is 16.9 Å². The molecule has 1 heterocycles. The summed E-state index contributed by atoms with van der Waals surface area (Å²) in [6.07, 6.45) is 1.87. The lowest BCUT2D eigenvalue weighted by atomic mass is 10.0. The Kier molecular flexibility index (Phi) is 3.82. The molecule has 0 radical (unpaired) electrons. The predicted molar refractivity (Wildman–Crippen MR) is 68.6 cm³/mol. The van der Waals surface area contributed by atoms with Crippen molar-refractivity contribution in [1.29, 1.82) is 0 Å². The Morgan fingerprint density at radius 3 is 2.61 bits per heavy atom. The molecule has 4 heteroatoms. The monoisotopic (exact) mass is 242 g/mol. The van der Waals surface area contributed by atoms with E-state index in [1.807, 2.05) is 6.07 Å². The highest BCUT2D eigenvalue weighted by atomic mass is 16.5. The molecule has 1 aromatic carbocycles. The first-order chi connectivity index (χ1) is 8.68. The lowest BCUT2D eigenvalue weighted by Gasteiger charge is -2.18. The van der Waals surface area contributed by atoms with Crippen molar-refractivity contribution in [1.82, 2.24) is 4.98 Å². The Labute approximate surface area is 105 Å². The van der Waals surface area contributed by atoms with Gasteiger partial charge in [0.05, 0.1) is 19.0 Å². The van der Waals surface area contributed by atoms with Crippen LogP contribution in [0.2, 0.25) is 0 Å². The minimum absolute atomic E-state index is 0.0838. The van der Waals surface area contributed by atoms with E-state index in [4.69, 9.17) is 0 Å². The van der Waals surface area contributed by atoms with Crippen LogP contribution in [0, 0.1) is 5.21 Å². The highest BCUT2D eigenvalue weighted by molar-refractivity contribution is 6.00. The van der Waals surface area contributed by atoms with Gasteiger partial charge in [0.2, 0.25) is 0 Å². The van der Waals surface area contributed by atoms with E-state index in [1.165, 1.54) is 7.05 Å². The van der Waals surface area contributed by atoms with Crippen LogP contribution in [0.3, 0.4) is 0 Å². The van der Waals surface area contributed by atoms with Gasteiger partial charge in [-0.05, 0) is 18.2 Å². The lowest BCUT2D eigenvalue weighted by Crippen LogP contribution is -2.98. The Morgan fingerprint density at radius 2 is 1.94 bits per heavy atom. The second kappa shape index (κ2) is 5.53. The van der Waals surface area contributed by atoms with Gasteiger partial charge < -0.3 is 10.3 Å². The van der Waals surface area contributed by atoms with E-state index < -0.39 is 0 Å². The van der Waals surface area contributed by atoms with Gasteiger partial charge in [0.25, 0.3) is 0 Å². The fraction of sp³-hybridized carbons (Fsp3) is 0.143. The second-order valence-corrected chi connectivity index (χ2v) is 4.02. The Hall–Kier alpha value is -2.04. The van der Waals surface area contributed by atoms with Gasteiger partial charge in [-0.15, -0.1) is 0 Å². The number of hydrogen-bond donors (Lipinski definition) is 1. The molecule has 1 aromatic heterocycles. The molecule has 0 fully saturated rings. The number of hydroxylamine groups is 1. The quantitative estimate of drug-likeness (QED) is 0.646. The number of ketones is 1. The average molecular weight is 242 g/mol. The molecule has 0 aliphatic rings. The third-order valence-corrected chi connectivity index (χ3v) is 2.67. The van der Waals surface area contributed by atoms with E-state index in [-0.39, 0.29) is 17.3 Å². The molecular formula is C14H14N2O2. The van der Waals surface area contributed by atoms with Gasteiger partial charge in [0.1, 0.15) is 5.69 Å². The molecule has 0 aliphatic heterocycles. The molecule has 18 heavy (non-hydrogen) atoms. The SMILES string of the molecule is C[NH+]([O-])c1ccccc1C(=O)Cc1ccccn1. The molecule has 1 N–H and O–H groups in total. The highest BCUT2D eigenvalue weighted by Crippen LogP contribution is 2.13. The van der Waals surface area contributed by atoms with Crippen LogP contribution in [0.15, 0.2) is 48.7 Å². The number of hydrogen-bond acceptors (Lipinski definition) is 3. The minimum atomic E-state index is -0.0972. The van der Waals surface area contributed by atoms with Crippen molar-refractivity contribution in [2.24, 2.45) is 0 Å². The van der Waals surface area contributed by atoms with Crippen LogP contribution in [0.25, 0.3) is 0 Å². The van der Waals surface area contributed by atoms with Gasteiger partial charge >= 0.3 is 0 Å². The summed E-state index contributed by atoms with van der Waals surface area (Å²) >= 11 is 0. The van der Waals surface area contributed by atoms with E-state index in [0.717, 1.165) is 0 Å². The van der Waals surface area contributed by atoms with Crippen LogP contribution < -0.4 is 5.06 Å². The largest absolute Gasteiger partial charge is 0.629 e. The molecule has 92 valence electrons. The summed E-state index contributed by atoms with van der Waals surface area (Å²) in [6.45, 7) is 0. The first-order valence-corrected chi connectivity index (χ1v) is 5.71. The smallest absolute Gasteiger partial charge is 0.174 e. The molecule has 2 rings (SSSR count). The topological polar surface area (TPSA) is 57.5 Å². The molecule has 0 saturated carbocycles. The molecule has 0 saturated heterocycles. The van der Waals surface area contributed by atoms with Crippen molar-refractivity contribution in [3.8, 4) is 0 Å². The van der Waals surface area contributed by atoms with Crippen molar-refractivity contribution in [2.45, 2.75) is 6.42 Å². The zero-order valence-electron chi connectivity index (χ0n) is 10.1. The summed E-state index contributed by atoms with van der Waals surface area (Å²) < 4.78 is 0. The van der Waals surface area contributed by atoms with Gasteiger partial charge in [0.15, 0.2) is 5.78 Å². The van der Waals surface area contributed by atoms with Gasteiger partial charge in [-0.25, -0.2) is 0 Å². The first-order valence-electron chi connectivity index (χ1n) is 5.71. The Morgan fingerprint density at radius 1 is 1.22 bits per heavy atom. The van der Waals surface area contributed by atoms with Gasteiger partial charge in [-0.3, -0.25) is 9.78 Å². The zero-order valence-corrected chi connectivity index (χ0v) is 10.1. The number of Topliss-reactive ketones (excluding diaryl/α,β-unsaturated/α-hetero) is 1. The molecule has 1 atom stereocenters. The van der Waals surface area contributed by atoms with Gasteiger partial charge in [-0.2, -0.15) is 0 Å². The fourth-order valence-corrected chi connectivity index (χ4v) is 1.80. The lowest BCUT2D eigenvalue weighted by molar-refractivity contribution is -0.751. The van der Waals surface area contributed by atoms with Crippen molar-refractivity contribution in [2.75, 3.05) is 7.05 Å². The number of rotatable bonds is 4. The first kappa shape index (κ1) is 12.4. The summed E-state index contributed by atoms with van der Waals surface area (Å²) in [5, 5.41) is 11.4. The van der Waals surface area contributed by atoms with E-state index in [9.17, 15) is 10.0 Å². The Balaban J connectivity index is 2.24. The second-order valence-electron chi connectivity index (χ2n) is 4.02. The van der Waals surface area contributed by atoms with Crippen LogP contribution >= 0.6 is 0 Å². The number of para-hydroxylation sites is 1. The third-order valence-electron chi connectivity index (χ3n) is 2.67. The van der Waals surface area contributed by atoms with E-state index in [2.05, 4.69) is 4.98 Å². The molecule has 1 unspecified atom stereocenters. The van der Waals surface area contributed by atoms with E-state index >= 15 is 0 Å². The van der Waals surface area contributed by atoms with E-state index in [1.54, 1.807) is 42.6 Å². The number of nitrogens with zero attached hydrogens (tertiary/aromatic N) is 1. The number of quaternary nitrogens is 1. The fourth-order valence-electron chi connectivity index (χ4n) is 1.80. The molecule has 2 aromatic rings. The normalized spacial score (nSPS) is 12.1. The van der Waals surface area contributed by atoms with Crippen LogP contribution in [-0.4, -0.2) is 17.8 Å². The number of pyridine rings is 1. The maximum Gasteiger partial charge on any atom is 0.174 e. The predicted octanol–water partition coefficient (Wildman–Crippen LogP) is 1.15. The maximum absolute atomic E-state index is 12.1. The maximum atomic E-state index is 12.1. The van der Waals surface area contributed by atoms with Crippen LogP contribution in [-0.2, 0) is 6.42 Å². The highest BCUT2D eigenvalue weighted by Gasteiger charge is 2.15. The molecule has 0 amide bonds. The van der Waals surface area contributed by atoms with Crippen LogP contribution in [0.4, 0.5) is 5.69 Å². The molecule has 0 aliphatic carbocycles.